The Labute approximate surface area is 153 Å². The Balaban J connectivity index is 1.65. The maximum Gasteiger partial charge on any atom is 0.257 e. The summed E-state index contributed by atoms with van der Waals surface area (Å²) in [5, 5.41) is 3.92. The van der Waals surface area contributed by atoms with Gasteiger partial charge in [-0.2, -0.15) is 0 Å². The molecule has 0 bridgehead atoms. The second-order valence-electron chi connectivity index (χ2n) is 6.78. The van der Waals surface area contributed by atoms with Crippen molar-refractivity contribution in [1.29, 1.82) is 0 Å². The van der Waals surface area contributed by atoms with Crippen molar-refractivity contribution < 1.29 is 14.1 Å². The van der Waals surface area contributed by atoms with Crippen LogP contribution in [0.3, 0.4) is 0 Å². The van der Waals surface area contributed by atoms with Crippen LogP contribution >= 0.6 is 0 Å². The molecule has 0 spiro atoms. The highest BCUT2D eigenvalue weighted by Gasteiger charge is 2.27. The molecule has 26 heavy (non-hydrogen) atoms. The molecular weight excluding hydrogens is 334 g/mol. The van der Waals surface area contributed by atoms with E-state index in [0.29, 0.717) is 30.4 Å². The van der Waals surface area contributed by atoms with Gasteiger partial charge >= 0.3 is 0 Å². The summed E-state index contributed by atoms with van der Waals surface area (Å²) >= 11 is 0. The summed E-state index contributed by atoms with van der Waals surface area (Å²) < 4.78 is 11.2. The van der Waals surface area contributed by atoms with Gasteiger partial charge in [-0.25, -0.2) is 9.97 Å². The van der Waals surface area contributed by atoms with Gasteiger partial charge in [-0.05, 0) is 26.7 Å². The maximum atomic E-state index is 12.7. The Morgan fingerprint density at radius 2 is 2.12 bits per heavy atom. The molecule has 3 rings (SSSR count). The van der Waals surface area contributed by atoms with Crippen molar-refractivity contribution in [3.63, 3.8) is 0 Å². The number of anilines is 1. The molecule has 1 saturated heterocycles. The molecule has 1 atom stereocenters. The van der Waals surface area contributed by atoms with Gasteiger partial charge in [0.05, 0.1) is 18.7 Å². The molecule has 0 saturated carbocycles. The number of aromatic nitrogens is 3. The maximum absolute atomic E-state index is 12.7. The number of ether oxygens (including phenoxy) is 1. The molecule has 0 aromatic carbocycles. The first-order chi connectivity index (χ1) is 12.5. The van der Waals surface area contributed by atoms with Crippen LogP contribution in [-0.4, -0.2) is 59.2 Å². The highest BCUT2D eigenvalue weighted by atomic mass is 16.5. The van der Waals surface area contributed by atoms with Gasteiger partial charge in [-0.3, -0.25) is 4.79 Å². The molecule has 0 unspecified atom stereocenters. The fourth-order valence-electron chi connectivity index (χ4n) is 3.14. The van der Waals surface area contributed by atoms with Crippen molar-refractivity contribution in [2.75, 3.05) is 32.1 Å². The van der Waals surface area contributed by atoms with E-state index in [1.54, 1.807) is 12.4 Å². The molecule has 1 amide bonds. The monoisotopic (exact) mass is 359 g/mol. The van der Waals surface area contributed by atoms with Crippen LogP contribution in [0.2, 0.25) is 0 Å². The molecule has 0 N–H and O–H groups in total. The third-order valence-electron chi connectivity index (χ3n) is 4.59. The summed E-state index contributed by atoms with van der Waals surface area (Å²) in [6.07, 6.45) is 5.26. The lowest BCUT2D eigenvalue weighted by molar-refractivity contribution is -0.133. The number of likely N-dealkylation sites (tertiary alicyclic amines) is 1. The summed E-state index contributed by atoms with van der Waals surface area (Å²) in [7, 11) is 3.80. The number of carbonyl (C=O) groups is 1. The molecule has 8 heteroatoms. The standard InChI is InChI=1S/C18H25N5O3/c1-12-15(13(2)26-21-12)10-16(24)23-9-5-6-14(11-23)25-18-17(22(3)4)19-7-8-20-18/h7-8,14H,5-6,9-11H2,1-4H3/t14-/m0/s1. The summed E-state index contributed by atoms with van der Waals surface area (Å²) in [5.41, 5.74) is 1.65. The third-order valence-corrected chi connectivity index (χ3v) is 4.59. The van der Waals surface area contributed by atoms with Gasteiger partial charge in [-0.15, -0.1) is 0 Å². The predicted molar refractivity (Wildman–Crippen MR) is 96.3 cm³/mol. The predicted octanol–water partition coefficient (Wildman–Crippen LogP) is 1.76. The van der Waals surface area contributed by atoms with Crippen LogP contribution in [-0.2, 0) is 11.2 Å². The molecular formula is C18H25N5O3. The van der Waals surface area contributed by atoms with Crippen molar-refractivity contribution in [3.8, 4) is 5.88 Å². The van der Waals surface area contributed by atoms with Gasteiger partial charge in [0.25, 0.3) is 5.88 Å². The summed E-state index contributed by atoms with van der Waals surface area (Å²) in [6.45, 7) is 4.98. The Kier molecular flexibility index (Phi) is 5.39. The minimum Gasteiger partial charge on any atom is -0.470 e. The molecule has 8 nitrogen and oxygen atoms in total. The van der Waals surface area contributed by atoms with Gasteiger partial charge in [0.1, 0.15) is 11.9 Å². The molecule has 3 heterocycles. The Hall–Kier alpha value is -2.64. The van der Waals surface area contributed by atoms with E-state index in [0.717, 1.165) is 30.6 Å². The van der Waals surface area contributed by atoms with Crippen LogP contribution in [0.25, 0.3) is 0 Å². The van der Waals surface area contributed by atoms with E-state index >= 15 is 0 Å². The van der Waals surface area contributed by atoms with E-state index in [-0.39, 0.29) is 12.0 Å². The highest BCUT2D eigenvalue weighted by Crippen LogP contribution is 2.24. The van der Waals surface area contributed by atoms with Crippen molar-refractivity contribution in [1.82, 2.24) is 20.0 Å². The topological polar surface area (TPSA) is 84.6 Å². The molecule has 1 aliphatic rings. The normalized spacial score (nSPS) is 17.2. The first kappa shape index (κ1) is 18.2. The van der Waals surface area contributed by atoms with E-state index in [1.807, 2.05) is 37.7 Å². The number of hydrogen-bond donors (Lipinski definition) is 0. The van der Waals surface area contributed by atoms with Gasteiger partial charge in [0, 0.05) is 38.6 Å². The number of piperidine rings is 1. The molecule has 0 radical (unpaired) electrons. The number of rotatable bonds is 5. The van der Waals surface area contributed by atoms with Crippen LogP contribution < -0.4 is 9.64 Å². The summed E-state index contributed by atoms with van der Waals surface area (Å²) in [4.78, 5) is 25.0. The SMILES string of the molecule is Cc1noc(C)c1CC(=O)N1CCC[C@H](Oc2nccnc2N(C)C)C1. The van der Waals surface area contributed by atoms with E-state index in [4.69, 9.17) is 9.26 Å². The van der Waals surface area contributed by atoms with Gasteiger partial charge in [0.15, 0.2) is 5.82 Å². The second-order valence-corrected chi connectivity index (χ2v) is 6.78. The highest BCUT2D eigenvalue weighted by molar-refractivity contribution is 5.79. The Morgan fingerprint density at radius 1 is 1.35 bits per heavy atom. The Bertz CT molecular complexity index is 754. The molecule has 1 aliphatic heterocycles. The largest absolute Gasteiger partial charge is 0.470 e. The van der Waals surface area contributed by atoms with E-state index in [9.17, 15) is 4.79 Å². The van der Waals surface area contributed by atoms with E-state index in [2.05, 4.69) is 15.1 Å². The lowest BCUT2D eigenvalue weighted by atomic mass is 10.1. The lowest BCUT2D eigenvalue weighted by Gasteiger charge is -2.33. The van der Waals surface area contributed by atoms with Crippen molar-refractivity contribution in [3.05, 3.63) is 29.4 Å². The molecule has 140 valence electrons. The zero-order chi connectivity index (χ0) is 18.7. The molecule has 1 fully saturated rings. The quantitative estimate of drug-likeness (QED) is 0.804. The van der Waals surface area contributed by atoms with Crippen LogP contribution in [0, 0.1) is 13.8 Å². The van der Waals surface area contributed by atoms with Crippen LogP contribution in [0.15, 0.2) is 16.9 Å². The molecule has 0 aliphatic carbocycles. The Morgan fingerprint density at radius 3 is 2.81 bits per heavy atom. The molecule has 2 aromatic rings. The van der Waals surface area contributed by atoms with Crippen molar-refractivity contribution >= 4 is 11.7 Å². The first-order valence-corrected chi connectivity index (χ1v) is 8.80. The number of hydrogen-bond acceptors (Lipinski definition) is 7. The zero-order valence-corrected chi connectivity index (χ0v) is 15.7. The number of amides is 1. The van der Waals surface area contributed by atoms with Gasteiger partial charge in [0.2, 0.25) is 5.91 Å². The van der Waals surface area contributed by atoms with Gasteiger partial charge < -0.3 is 19.1 Å². The second kappa shape index (κ2) is 7.72. The van der Waals surface area contributed by atoms with Crippen molar-refractivity contribution in [2.45, 2.75) is 39.2 Å². The number of nitrogens with zero attached hydrogens (tertiary/aromatic N) is 5. The third kappa shape index (κ3) is 3.95. The summed E-state index contributed by atoms with van der Waals surface area (Å²) in [5.74, 6) is 1.96. The smallest absolute Gasteiger partial charge is 0.257 e. The van der Waals surface area contributed by atoms with Gasteiger partial charge in [-0.1, -0.05) is 5.16 Å². The van der Waals surface area contributed by atoms with E-state index in [1.165, 1.54) is 0 Å². The fourth-order valence-corrected chi connectivity index (χ4v) is 3.14. The summed E-state index contributed by atoms with van der Waals surface area (Å²) in [6, 6.07) is 0. The van der Waals surface area contributed by atoms with Crippen molar-refractivity contribution in [2.24, 2.45) is 0 Å². The zero-order valence-electron chi connectivity index (χ0n) is 15.7. The number of aryl methyl sites for hydroxylation is 2. The van der Waals surface area contributed by atoms with Crippen LogP contribution in [0.5, 0.6) is 5.88 Å². The number of carbonyl (C=O) groups excluding carboxylic acids is 1. The van der Waals surface area contributed by atoms with Crippen LogP contribution in [0.4, 0.5) is 5.82 Å². The lowest BCUT2D eigenvalue weighted by Crippen LogP contribution is -2.45. The minimum atomic E-state index is -0.0900. The average Bonchev–Trinajstić information content (AvgIpc) is 2.94. The fraction of sp³-hybridized carbons (Fsp3) is 0.556. The first-order valence-electron chi connectivity index (χ1n) is 8.80. The minimum absolute atomic E-state index is 0.0691. The van der Waals surface area contributed by atoms with E-state index < -0.39 is 0 Å². The average molecular weight is 359 g/mol. The molecule has 2 aromatic heterocycles. The van der Waals surface area contributed by atoms with Crippen LogP contribution in [0.1, 0.15) is 29.9 Å².